The summed E-state index contributed by atoms with van der Waals surface area (Å²) in [5.74, 6) is 0. The first-order chi connectivity index (χ1) is 7.25. The van der Waals surface area contributed by atoms with E-state index in [4.69, 9.17) is 0 Å². The zero-order valence-electron chi connectivity index (χ0n) is 8.21. The van der Waals surface area contributed by atoms with Crippen molar-refractivity contribution in [1.29, 1.82) is 0 Å². The predicted molar refractivity (Wildman–Crippen MR) is 57.0 cm³/mol. The Hall–Kier alpha value is -2.17. The molecule has 0 aromatic carbocycles. The fourth-order valence-electron chi connectivity index (χ4n) is 1.17. The molecule has 0 atom stereocenters. The average molecular weight is 202 g/mol. The van der Waals surface area contributed by atoms with Crippen LogP contribution in [-0.2, 0) is 0 Å². The molecule has 0 aliphatic heterocycles. The standard InChI is InChI=1S/C10H10N4O/c1-8-7-14(10(15)13-8)12-6-9-3-2-4-11-5-9/h2-7H,1H3,(H,13,15)/b12-6+. The normalized spacial score (nSPS) is 11.0. The Labute approximate surface area is 86.1 Å². The van der Waals surface area contributed by atoms with Gasteiger partial charge >= 0.3 is 5.69 Å². The van der Waals surface area contributed by atoms with Crippen LogP contribution in [0.2, 0.25) is 0 Å². The number of nitrogens with one attached hydrogen (secondary N) is 1. The first-order valence-electron chi connectivity index (χ1n) is 4.48. The summed E-state index contributed by atoms with van der Waals surface area (Å²) in [6, 6.07) is 3.67. The highest BCUT2D eigenvalue weighted by atomic mass is 16.1. The number of aryl methyl sites for hydroxylation is 1. The molecule has 5 heteroatoms. The highest BCUT2D eigenvalue weighted by Gasteiger charge is 1.95. The predicted octanol–water partition coefficient (Wildman–Crippen LogP) is 0.762. The Bertz CT molecular complexity index is 524. The van der Waals surface area contributed by atoms with E-state index < -0.39 is 0 Å². The van der Waals surface area contributed by atoms with E-state index >= 15 is 0 Å². The molecule has 2 heterocycles. The van der Waals surface area contributed by atoms with E-state index in [-0.39, 0.29) is 5.69 Å². The molecule has 1 N–H and O–H groups in total. The topological polar surface area (TPSA) is 63.0 Å². The van der Waals surface area contributed by atoms with Gasteiger partial charge in [0.1, 0.15) is 0 Å². The van der Waals surface area contributed by atoms with Gasteiger partial charge in [-0.1, -0.05) is 6.07 Å². The lowest BCUT2D eigenvalue weighted by molar-refractivity contribution is 0.835. The summed E-state index contributed by atoms with van der Waals surface area (Å²) < 4.78 is 1.25. The van der Waals surface area contributed by atoms with Crippen molar-refractivity contribution in [3.63, 3.8) is 0 Å². The van der Waals surface area contributed by atoms with Crippen LogP contribution in [0.4, 0.5) is 0 Å². The number of rotatable bonds is 2. The van der Waals surface area contributed by atoms with Crippen molar-refractivity contribution in [3.8, 4) is 0 Å². The minimum atomic E-state index is -0.243. The maximum Gasteiger partial charge on any atom is 0.346 e. The van der Waals surface area contributed by atoms with Crippen LogP contribution in [0.25, 0.3) is 0 Å². The largest absolute Gasteiger partial charge is 0.346 e. The maximum absolute atomic E-state index is 11.2. The second kappa shape index (κ2) is 3.91. The summed E-state index contributed by atoms with van der Waals surface area (Å²) in [4.78, 5) is 17.8. The summed E-state index contributed by atoms with van der Waals surface area (Å²) in [5, 5.41) is 4.00. The lowest BCUT2D eigenvalue weighted by Crippen LogP contribution is -2.11. The summed E-state index contributed by atoms with van der Waals surface area (Å²) in [7, 11) is 0. The van der Waals surface area contributed by atoms with Crippen molar-refractivity contribution in [2.75, 3.05) is 0 Å². The molecule has 2 rings (SSSR count). The molecule has 15 heavy (non-hydrogen) atoms. The van der Waals surface area contributed by atoms with Gasteiger partial charge < -0.3 is 4.98 Å². The second-order valence-electron chi connectivity index (χ2n) is 3.12. The fraction of sp³-hybridized carbons (Fsp3) is 0.100. The highest BCUT2D eigenvalue weighted by Crippen LogP contribution is 1.92. The van der Waals surface area contributed by atoms with Crippen LogP contribution in [0.15, 0.2) is 40.6 Å². The molecule has 0 amide bonds. The monoisotopic (exact) mass is 202 g/mol. The van der Waals surface area contributed by atoms with Crippen molar-refractivity contribution >= 4 is 6.21 Å². The SMILES string of the molecule is Cc1cn(/N=C/c2cccnc2)c(=O)[nH]1. The number of aromatic nitrogens is 3. The lowest BCUT2D eigenvalue weighted by atomic mass is 10.3. The Balaban J connectivity index is 2.26. The van der Waals surface area contributed by atoms with Crippen LogP contribution >= 0.6 is 0 Å². The van der Waals surface area contributed by atoms with E-state index in [0.29, 0.717) is 0 Å². The maximum atomic E-state index is 11.2. The summed E-state index contributed by atoms with van der Waals surface area (Å²) in [6.07, 6.45) is 6.58. The second-order valence-corrected chi connectivity index (χ2v) is 3.12. The molecule has 2 aromatic heterocycles. The van der Waals surface area contributed by atoms with Crippen LogP contribution < -0.4 is 5.69 Å². The van der Waals surface area contributed by atoms with Crippen LogP contribution in [0.5, 0.6) is 0 Å². The number of H-pyrrole nitrogens is 1. The molecule has 0 saturated carbocycles. The number of hydrogen-bond acceptors (Lipinski definition) is 3. The van der Waals surface area contributed by atoms with E-state index in [2.05, 4.69) is 15.1 Å². The molecular weight excluding hydrogens is 192 g/mol. The summed E-state index contributed by atoms with van der Waals surface area (Å²) in [6.45, 7) is 1.80. The van der Waals surface area contributed by atoms with Crippen LogP contribution in [0.1, 0.15) is 11.3 Å². The summed E-state index contributed by atoms with van der Waals surface area (Å²) >= 11 is 0. The molecule has 0 spiro atoms. The zero-order chi connectivity index (χ0) is 10.7. The minimum Gasteiger partial charge on any atom is -0.309 e. The number of nitrogens with zero attached hydrogens (tertiary/aromatic N) is 3. The third-order valence-electron chi connectivity index (χ3n) is 1.84. The number of hydrogen-bond donors (Lipinski definition) is 1. The van der Waals surface area contributed by atoms with Gasteiger partial charge in [-0.2, -0.15) is 9.78 Å². The highest BCUT2D eigenvalue weighted by molar-refractivity contribution is 5.78. The van der Waals surface area contributed by atoms with Crippen molar-refractivity contribution < 1.29 is 0 Å². The van der Waals surface area contributed by atoms with Gasteiger partial charge in [0.2, 0.25) is 0 Å². The van der Waals surface area contributed by atoms with E-state index in [1.165, 1.54) is 4.68 Å². The van der Waals surface area contributed by atoms with Gasteiger partial charge in [-0.15, -0.1) is 0 Å². The fourth-order valence-corrected chi connectivity index (χ4v) is 1.17. The van der Waals surface area contributed by atoms with E-state index in [1.807, 2.05) is 12.1 Å². The van der Waals surface area contributed by atoms with Gasteiger partial charge in [-0.3, -0.25) is 4.98 Å². The molecule has 0 fully saturated rings. The molecule has 0 saturated heterocycles. The number of pyridine rings is 1. The molecule has 0 aliphatic rings. The van der Waals surface area contributed by atoms with Gasteiger partial charge in [0, 0.05) is 23.7 Å². The molecule has 0 unspecified atom stereocenters. The Morgan fingerprint density at radius 3 is 3.07 bits per heavy atom. The first kappa shape index (κ1) is 9.39. The molecular formula is C10H10N4O. The van der Waals surface area contributed by atoms with Crippen LogP contribution in [-0.4, -0.2) is 20.9 Å². The van der Waals surface area contributed by atoms with Gasteiger partial charge in [0.05, 0.1) is 12.4 Å². The Kier molecular flexibility index (Phi) is 2.45. The summed E-state index contributed by atoms with van der Waals surface area (Å²) in [5.41, 5.74) is 1.39. The van der Waals surface area contributed by atoms with Crippen molar-refractivity contribution in [3.05, 3.63) is 52.5 Å². The minimum absolute atomic E-state index is 0.243. The van der Waals surface area contributed by atoms with Crippen LogP contribution in [0, 0.1) is 6.92 Å². The third-order valence-corrected chi connectivity index (χ3v) is 1.84. The molecule has 76 valence electrons. The van der Waals surface area contributed by atoms with Crippen LogP contribution in [0.3, 0.4) is 0 Å². The van der Waals surface area contributed by atoms with Gasteiger partial charge in [0.25, 0.3) is 0 Å². The quantitative estimate of drug-likeness (QED) is 0.731. The Morgan fingerprint density at radius 1 is 1.60 bits per heavy atom. The number of aromatic amines is 1. The smallest absolute Gasteiger partial charge is 0.309 e. The molecule has 0 aliphatic carbocycles. The molecule has 0 radical (unpaired) electrons. The van der Waals surface area contributed by atoms with E-state index in [0.717, 1.165) is 11.3 Å². The van der Waals surface area contributed by atoms with Gasteiger partial charge in [0.15, 0.2) is 0 Å². The zero-order valence-corrected chi connectivity index (χ0v) is 8.21. The average Bonchev–Trinajstić information content (AvgIpc) is 2.56. The first-order valence-corrected chi connectivity index (χ1v) is 4.48. The lowest BCUT2D eigenvalue weighted by Gasteiger charge is -1.90. The van der Waals surface area contributed by atoms with Crippen molar-refractivity contribution in [2.45, 2.75) is 6.92 Å². The Morgan fingerprint density at radius 2 is 2.47 bits per heavy atom. The van der Waals surface area contributed by atoms with E-state index in [9.17, 15) is 4.79 Å². The third kappa shape index (κ3) is 2.19. The molecule has 5 nitrogen and oxygen atoms in total. The van der Waals surface area contributed by atoms with Crippen molar-refractivity contribution in [2.24, 2.45) is 5.10 Å². The number of imidazole rings is 1. The molecule has 2 aromatic rings. The van der Waals surface area contributed by atoms with Gasteiger partial charge in [-0.05, 0) is 13.0 Å². The molecule has 0 bridgehead atoms. The van der Waals surface area contributed by atoms with Crippen molar-refractivity contribution in [1.82, 2.24) is 14.6 Å². The van der Waals surface area contributed by atoms with E-state index in [1.54, 1.807) is 31.7 Å². The van der Waals surface area contributed by atoms with Gasteiger partial charge in [-0.25, -0.2) is 4.79 Å².